The number of rotatable bonds is 5. The van der Waals surface area contributed by atoms with Crippen molar-refractivity contribution in [3.63, 3.8) is 0 Å². The zero-order valence-corrected chi connectivity index (χ0v) is 18.0. The number of nitrogens with one attached hydrogen (secondary N) is 1. The molecule has 150 valence electrons. The Bertz CT molecular complexity index is 1040. The summed E-state index contributed by atoms with van der Waals surface area (Å²) in [6.45, 7) is 6.82. The van der Waals surface area contributed by atoms with Crippen molar-refractivity contribution >= 4 is 28.5 Å². The predicted molar refractivity (Wildman–Crippen MR) is 118 cm³/mol. The van der Waals surface area contributed by atoms with Gasteiger partial charge in [-0.15, -0.1) is 11.3 Å². The number of fused-ring (bicyclic) bond motifs is 1. The Morgan fingerprint density at radius 2 is 1.93 bits per heavy atom. The molecule has 0 saturated heterocycles. The molecule has 3 aromatic rings. The maximum atomic E-state index is 12.4. The van der Waals surface area contributed by atoms with Gasteiger partial charge in [0.05, 0.1) is 17.9 Å². The normalized spacial score (nSPS) is 13.6. The number of thiazole rings is 1. The highest BCUT2D eigenvalue weighted by molar-refractivity contribution is 7.15. The fraction of sp³-hybridized carbons (Fsp3) is 0.348. The summed E-state index contributed by atoms with van der Waals surface area (Å²) in [5.74, 6) is -0.152. The highest BCUT2D eigenvalue weighted by Crippen LogP contribution is 2.29. The van der Waals surface area contributed by atoms with Gasteiger partial charge in [-0.1, -0.05) is 29.8 Å². The van der Waals surface area contributed by atoms with Gasteiger partial charge in [0.25, 0.3) is 0 Å². The van der Waals surface area contributed by atoms with Crippen molar-refractivity contribution < 1.29 is 4.79 Å². The van der Waals surface area contributed by atoms with Crippen LogP contribution < -0.4 is 5.32 Å². The van der Waals surface area contributed by atoms with Crippen LogP contribution in [0.3, 0.4) is 0 Å². The minimum absolute atomic E-state index is 0.152. The van der Waals surface area contributed by atoms with Gasteiger partial charge in [0, 0.05) is 22.2 Å². The van der Waals surface area contributed by atoms with Crippen LogP contribution in [0.5, 0.6) is 0 Å². The minimum Gasteiger partial charge on any atom is -0.298 e. The van der Waals surface area contributed by atoms with Crippen LogP contribution in [0.1, 0.15) is 51.5 Å². The maximum absolute atomic E-state index is 12.4. The molecule has 0 fully saturated rings. The number of hydrogen-bond donors (Lipinski definition) is 1. The Kier molecular flexibility index (Phi) is 5.62. The largest absolute Gasteiger partial charge is 0.298 e. The van der Waals surface area contributed by atoms with E-state index in [2.05, 4.69) is 46.6 Å². The summed E-state index contributed by atoms with van der Waals surface area (Å²) in [4.78, 5) is 18.3. The summed E-state index contributed by atoms with van der Waals surface area (Å²) < 4.78 is 1.99. The van der Waals surface area contributed by atoms with Crippen LogP contribution >= 0.6 is 11.3 Å². The lowest BCUT2D eigenvalue weighted by molar-refractivity contribution is -0.111. The van der Waals surface area contributed by atoms with E-state index in [4.69, 9.17) is 0 Å². The van der Waals surface area contributed by atoms with E-state index < -0.39 is 0 Å². The van der Waals surface area contributed by atoms with Crippen LogP contribution in [-0.4, -0.2) is 20.7 Å². The van der Waals surface area contributed by atoms with Gasteiger partial charge in [-0.05, 0) is 58.1 Å². The fourth-order valence-corrected chi connectivity index (χ4v) is 4.74. The van der Waals surface area contributed by atoms with Gasteiger partial charge >= 0.3 is 0 Å². The molecule has 0 aliphatic heterocycles. The molecule has 5 nitrogen and oxygen atoms in total. The van der Waals surface area contributed by atoms with Gasteiger partial charge in [0.2, 0.25) is 5.91 Å². The standard InChI is InChI=1S/C23H26N4OS/c1-15-8-10-18(11-9-15)14-27-17(3)19(16(2)26-27)12-13-22(28)25-23-24-20-6-4-5-7-21(20)29-23/h8-13H,4-7,14H2,1-3H3,(H,24,25,28). The number of nitrogens with zero attached hydrogens (tertiary/aromatic N) is 3. The number of aromatic nitrogens is 3. The van der Waals surface area contributed by atoms with E-state index in [0.717, 1.165) is 42.0 Å². The molecule has 0 atom stereocenters. The van der Waals surface area contributed by atoms with Crippen molar-refractivity contribution in [2.75, 3.05) is 5.32 Å². The average Bonchev–Trinajstić information content (AvgIpc) is 3.22. The fourth-order valence-electron chi connectivity index (χ4n) is 3.68. The van der Waals surface area contributed by atoms with Gasteiger partial charge in [-0.3, -0.25) is 14.8 Å². The smallest absolute Gasteiger partial charge is 0.250 e. The van der Waals surface area contributed by atoms with Crippen molar-refractivity contribution in [3.8, 4) is 0 Å². The summed E-state index contributed by atoms with van der Waals surface area (Å²) in [5.41, 5.74) is 6.58. The number of aryl methyl sites for hydroxylation is 4. The van der Waals surface area contributed by atoms with Gasteiger partial charge in [-0.25, -0.2) is 4.98 Å². The topological polar surface area (TPSA) is 59.8 Å². The molecule has 2 aromatic heterocycles. The van der Waals surface area contributed by atoms with E-state index in [0.29, 0.717) is 5.13 Å². The molecule has 0 spiro atoms. The van der Waals surface area contributed by atoms with Crippen molar-refractivity contribution in [3.05, 3.63) is 69.0 Å². The second-order valence-corrected chi connectivity index (χ2v) is 8.73. The maximum Gasteiger partial charge on any atom is 0.250 e. The second kappa shape index (κ2) is 8.33. The molecule has 4 rings (SSSR count). The third-order valence-corrected chi connectivity index (χ3v) is 6.44. The Morgan fingerprint density at radius 1 is 1.17 bits per heavy atom. The molecule has 1 aromatic carbocycles. The van der Waals surface area contributed by atoms with E-state index in [9.17, 15) is 4.79 Å². The Morgan fingerprint density at radius 3 is 2.69 bits per heavy atom. The van der Waals surface area contributed by atoms with E-state index in [1.54, 1.807) is 17.4 Å². The Labute approximate surface area is 175 Å². The molecule has 2 heterocycles. The first kappa shape index (κ1) is 19.6. The molecule has 0 unspecified atom stereocenters. The highest BCUT2D eigenvalue weighted by Gasteiger charge is 2.16. The number of benzene rings is 1. The molecule has 0 saturated carbocycles. The number of carbonyl (C=O) groups excluding carboxylic acids is 1. The first-order valence-electron chi connectivity index (χ1n) is 10.1. The van der Waals surface area contributed by atoms with Crippen LogP contribution in [0.4, 0.5) is 5.13 Å². The van der Waals surface area contributed by atoms with Gasteiger partial charge in [0.15, 0.2) is 5.13 Å². The molecule has 1 amide bonds. The molecule has 29 heavy (non-hydrogen) atoms. The zero-order valence-electron chi connectivity index (χ0n) is 17.2. The zero-order chi connectivity index (χ0) is 20.4. The van der Waals surface area contributed by atoms with Crippen LogP contribution in [0.25, 0.3) is 6.08 Å². The molecule has 0 radical (unpaired) electrons. The van der Waals surface area contributed by atoms with E-state index in [-0.39, 0.29) is 5.91 Å². The lowest BCUT2D eigenvalue weighted by atomic mass is 10.0. The molecule has 0 bridgehead atoms. The van der Waals surface area contributed by atoms with Crippen molar-refractivity contribution in [2.45, 2.75) is 53.0 Å². The van der Waals surface area contributed by atoms with E-state index >= 15 is 0 Å². The Balaban J connectivity index is 1.45. The first-order chi connectivity index (χ1) is 14.0. The third kappa shape index (κ3) is 4.48. The minimum atomic E-state index is -0.152. The monoisotopic (exact) mass is 406 g/mol. The number of anilines is 1. The SMILES string of the molecule is Cc1ccc(Cn2nc(C)c(C=CC(=O)Nc3nc4c(s3)CCCC4)c2C)cc1. The second-order valence-electron chi connectivity index (χ2n) is 7.65. The van der Waals surface area contributed by atoms with Crippen LogP contribution in [0.2, 0.25) is 0 Å². The van der Waals surface area contributed by atoms with Gasteiger partial charge in [0.1, 0.15) is 0 Å². The summed E-state index contributed by atoms with van der Waals surface area (Å²) in [5, 5.41) is 8.28. The molecule has 1 aliphatic rings. The molecule has 6 heteroatoms. The summed E-state index contributed by atoms with van der Waals surface area (Å²) >= 11 is 1.60. The van der Waals surface area contributed by atoms with Crippen LogP contribution in [0, 0.1) is 20.8 Å². The molecular formula is C23H26N4OS. The summed E-state index contributed by atoms with van der Waals surface area (Å²) in [6, 6.07) is 8.48. The first-order valence-corrected chi connectivity index (χ1v) is 10.9. The highest BCUT2D eigenvalue weighted by atomic mass is 32.1. The molecule has 1 N–H and O–H groups in total. The number of amides is 1. The summed E-state index contributed by atoms with van der Waals surface area (Å²) in [6.07, 6.45) is 7.94. The quantitative estimate of drug-likeness (QED) is 0.617. The van der Waals surface area contributed by atoms with Crippen molar-refractivity contribution in [1.82, 2.24) is 14.8 Å². The van der Waals surface area contributed by atoms with Crippen molar-refractivity contribution in [1.29, 1.82) is 0 Å². The van der Waals surface area contributed by atoms with E-state index in [1.807, 2.05) is 24.6 Å². The molecule has 1 aliphatic carbocycles. The average molecular weight is 407 g/mol. The van der Waals surface area contributed by atoms with Crippen molar-refractivity contribution in [2.24, 2.45) is 0 Å². The van der Waals surface area contributed by atoms with Crippen LogP contribution in [-0.2, 0) is 24.2 Å². The Hall–Kier alpha value is -2.73. The molecular weight excluding hydrogens is 380 g/mol. The number of hydrogen-bond acceptors (Lipinski definition) is 4. The lowest BCUT2D eigenvalue weighted by Crippen LogP contribution is -2.07. The lowest BCUT2D eigenvalue weighted by Gasteiger charge is -2.06. The summed E-state index contributed by atoms with van der Waals surface area (Å²) in [7, 11) is 0. The van der Waals surface area contributed by atoms with Gasteiger partial charge in [-0.2, -0.15) is 5.10 Å². The third-order valence-electron chi connectivity index (χ3n) is 5.37. The number of carbonyl (C=O) groups is 1. The van der Waals surface area contributed by atoms with Gasteiger partial charge < -0.3 is 0 Å². The van der Waals surface area contributed by atoms with E-state index in [1.165, 1.54) is 28.8 Å². The van der Waals surface area contributed by atoms with Crippen LogP contribution in [0.15, 0.2) is 30.3 Å². The predicted octanol–water partition coefficient (Wildman–Crippen LogP) is 4.84.